The standard InChI is InChI=1S/C13H19ClN2.ClH/c1-10(12-3-2-4-13(14)7-12)16-6-5-11(8-15)9-16;/h2-4,7,10-11H,5-6,8-9,15H2,1H3;1H. The third kappa shape index (κ3) is 3.59. The zero-order valence-corrected chi connectivity index (χ0v) is 11.7. The minimum Gasteiger partial charge on any atom is -0.330 e. The number of nitrogens with two attached hydrogens (primary N) is 1. The fraction of sp³-hybridized carbons (Fsp3) is 0.538. The lowest BCUT2D eigenvalue weighted by atomic mass is 10.1. The van der Waals surface area contributed by atoms with Crippen molar-refractivity contribution in [2.75, 3.05) is 19.6 Å². The van der Waals surface area contributed by atoms with E-state index in [1.54, 1.807) is 0 Å². The van der Waals surface area contributed by atoms with Crippen LogP contribution in [0.15, 0.2) is 24.3 Å². The van der Waals surface area contributed by atoms with Gasteiger partial charge in [-0.25, -0.2) is 0 Å². The molecule has 1 aliphatic rings. The highest BCUT2D eigenvalue weighted by Crippen LogP contribution is 2.28. The van der Waals surface area contributed by atoms with Crippen LogP contribution in [-0.2, 0) is 0 Å². The van der Waals surface area contributed by atoms with Gasteiger partial charge in [0.05, 0.1) is 0 Å². The van der Waals surface area contributed by atoms with Crippen LogP contribution in [0, 0.1) is 5.92 Å². The summed E-state index contributed by atoms with van der Waals surface area (Å²) in [4.78, 5) is 2.49. The SMILES string of the molecule is CC(c1cccc(Cl)c1)N1CCC(CN)C1.Cl. The molecule has 0 aromatic heterocycles. The Kier molecular flexibility index (Phi) is 5.74. The minimum atomic E-state index is 0. The second kappa shape index (κ2) is 6.60. The summed E-state index contributed by atoms with van der Waals surface area (Å²) < 4.78 is 0. The highest BCUT2D eigenvalue weighted by atomic mass is 35.5. The molecular weight excluding hydrogens is 255 g/mol. The topological polar surface area (TPSA) is 29.3 Å². The van der Waals surface area contributed by atoms with Crippen molar-refractivity contribution < 1.29 is 0 Å². The van der Waals surface area contributed by atoms with Crippen molar-refractivity contribution in [3.63, 3.8) is 0 Å². The van der Waals surface area contributed by atoms with Crippen LogP contribution in [0.4, 0.5) is 0 Å². The van der Waals surface area contributed by atoms with E-state index in [4.69, 9.17) is 17.3 Å². The number of halogens is 2. The number of nitrogens with zero attached hydrogens (tertiary/aromatic N) is 1. The van der Waals surface area contributed by atoms with Crippen LogP contribution in [0.1, 0.15) is 24.9 Å². The molecule has 4 heteroatoms. The largest absolute Gasteiger partial charge is 0.330 e. The number of likely N-dealkylation sites (tertiary alicyclic amines) is 1. The summed E-state index contributed by atoms with van der Waals surface area (Å²) in [6, 6.07) is 8.58. The van der Waals surface area contributed by atoms with E-state index in [2.05, 4.69) is 24.0 Å². The van der Waals surface area contributed by atoms with Crippen LogP contribution in [0.5, 0.6) is 0 Å². The fourth-order valence-electron chi connectivity index (χ4n) is 2.38. The molecule has 2 atom stereocenters. The van der Waals surface area contributed by atoms with Gasteiger partial charge in [-0.2, -0.15) is 0 Å². The van der Waals surface area contributed by atoms with Crippen molar-refractivity contribution in [1.82, 2.24) is 4.90 Å². The van der Waals surface area contributed by atoms with E-state index in [9.17, 15) is 0 Å². The lowest BCUT2D eigenvalue weighted by Gasteiger charge is -2.24. The molecule has 2 nitrogen and oxygen atoms in total. The van der Waals surface area contributed by atoms with Crippen LogP contribution in [0.2, 0.25) is 5.02 Å². The van der Waals surface area contributed by atoms with Crippen LogP contribution >= 0.6 is 24.0 Å². The summed E-state index contributed by atoms with van der Waals surface area (Å²) in [6.45, 7) is 5.31. The number of hydrogen-bond donors (Lipinski definition) is 1. The van der Waals surface area contributed by atoms with Gasteiger partial charge in [0.15, 0.2) is 0 Å². The van der Waals surface area contributed by atoms with Gasteiger partial charge in [-0.1, -0.05) is 23.7 Å². The average molecular weight is 275 g/mol. The second-order valence-corrected chi connectivity index (χ2v) is 5.05. The highest BCUT2D eigenvalue weighted by Gasteiger charge is 2.25. The summed E-state index contributed by atoms with van der Waals surface area (Å²) in [5, 5.41) is 0.818. The Labute approximate surface area is 115 Å². The molecule has 0 spiro atoms. The Bertz CT molecular complexity index is 357. The lowest BCUT2D eigenvalue weighted by molar-refractivity contribution is 0.253. The van der Waals surface area contributed by atoms with E-state index in [1.165, 1.54) is 12.0 Å². The van der Waals surface area contributed by atoms with E-state index < -0.39 is 0 Å². The second-order valence-electron chi connectivity index (χ2n) is 4.62. The molecule has 2 unspecified atom stereocenters. The minimum absolute atomic E-state index is 0. The van der Waals surface area contributed by atoms with Gasteiger partial charge in [-0.05, 0) is 50.0 Å². The first-order valence-corrected chi connectivity index (χ1v) is 6.28. The molecule has 2 N–H and O–H groups in total. The molecule has 0 radical (unpaired) electrons. The van der Waals surface area contributed by atoms with Gasteiger partial charge >= 0.3 is 0 Å². The number of hydrogen-bond acceptors (Lipinski definition) is 2. The molecule has 1 aromatic carbocycles. The van der Waals surface area contributed by atoms with Gasteiger partial charge in [-0.15, -0.1) is 12.4 Å². The van der Waals surface area contributed by atoms with E-state index in [0.717, 1.165) is 24.7 Å². The smallest absolute Gasteiger partial charge is 0.0409 e. The number of benzene rings is 1. The molecule has 17 heavy (non-hydrogen) atoms. The zero-order chi connectivity index (χ0) is 11.5. The van der Waals surface area contributed by atoms with Crippen LogP contribution in [0.25, 0.3) is 0 Å². The molecule has 96 valence electrons. The van der Waals surface area contributed by atoms with Gasteiger partial charge in [0.25, 0.3) is 0 Å². The number of rotatable bonds is 3. The van der Waals surface area contributed by atoms with Crippen molar-refractivity contribution in [1.29, 1.82) is 0 Å². The maximum Gasteiger partial charge on any atom is 0.0409 e. The van der Waals surface area contributed by atoms with Gasteiger partial charge in [0.2, 0.25) is 0 Å². The third-order valence-corrected chi connectivity index (χ3v) is 3.76. The van der Waals surface area contributed by atoms with Crippen LogP contribution < -0.4 is 5.73 Å². The van der Waals surface area contributed by atoms with Crippen molar-refractivity contribution >= 4 is 24.0 Å². The van der Waals surface area contributed by atoms with Gasteiger partial charge < -0.3 is 5.73 Å². The summed E-state index contributed by atoms with van der Waals surface area (Å²) in [7, 11) is 0. The normalized spacial score (nSPS) is 22.2. The molecule has 1 fully saturated rings. The Morgan fingerprint density at radius 3 is 2.88 bits per heavy atom. The van der Waals surface area contributed by atoms with E-state index in [1.807, 2.05) is 12.1 Å². The van der Waals surface area contributed by atoms with Gasteiger partial charge in [-0.3, -0.25) is 4.90 Å². The maximum absolute atomic E-state index is 6.01. The molecule has 0 bridgehead atoms. The van der Waals surface area contributed by atoms with Crippen LogP contribution in [-0.4, -0.2) is 24.5 Å². The van der Waals surface area contributed by atoms with Gasteiger partial charge in [0, 0.05) is 17.6 Å². The van der Waals surface area contributed by atoms with E-state index in [-0.39, 0.29) is 12.4 Å². The monoisotopic (exact) mass is 274 g/mol. The average Bonchev–Trinajstić information content (AvgIpc) is 2.76. The van der Waals surface area contributed by atoms with Crippen molar-refractivity contribution in [2.45, 2.75) is 19.4 Å². The summed E-state index contributed by atoms with van der Waals surface area (Å²) in [6.07, 6.45) is 1.22. The molecule has 1 saturated heterocycles. The van der Waals surface area contributed by atoms with E-state index in [0.29, 0.717) is 12.0 Å². The molecular formula is C13H20Cl2N2. The quantitative estimate of drug-likeness (QED) is 0.918. The Hall–Kier alpha value is -0.280. The van der Waals surface area contributed by atoms with Gasteiger partial charge in [0.1, 0.15) is 0 Å². The third-order valence-electron chi connectivity index (χ3n) is 3.53. The first-order chi connectivity index (χ1) is 7.70. The first kappa shape index (κ1) is 14.8. The van der Waals surface area contributed by atoms with Crippen molar-refractivity contribution in [3.05, 3.63) is 34.9 Å². The van der Waals surface area contributed by atoms with Crippen molar-refractivity contribution in [2.24, 2.45) is 11.7 Å². The Morgan fingerprint density at radius 1 is 1.53 bits per heavy atom. The predicted molar refractivity (Wildman–Crippen MR) is 75.8 cm³/mol. The Morgan fingerprint density at radius 2 is 2.29 bits per heavy atom. The van der Waals surface area contributed by atoms with E-state index >= 15 is 0 Å². The fourth-order valence-corrected chi connectivity index (χ4v) is 2.58. The zero-order valence-electron chi connectivity index (χ0n) is 10.1. The highest BCUT2D eigenvalue weighted by molar-refractivity contribution is 6.30. The molecule has 0 aliphatic carbocycles. The molecule has 1 aliphatic heterocycles. The maximum atomic E-state index is 6.01. The molecule has 1 heterocycles. The Balaban J connectivity index is 0.00000144. The molecule has 2 rings (SSSR count). The predicted octanol–water partition coefficient (Wildman–Crippen LogP) is 3.10. The summed E-state index contributed by atoms with van der Waals surface area (Å²) in [5.74, 6) is 0.668. The molecule has 0 saturated carbocycles. The molecule has 1 aromatic rings. The van der Waals surface area contributed by atoms with Crippen molar-refractivity contribution in [3.8, 4) is 0 Å². The molecule has 0 amide bonds. The van der Waals surface area contributed by atoms with Crippen LogP contribution in [0.3, 0.4) is 0 Å². The summed E-state index contributed by atoms with van der Waals surface area (Å²) >= 11 is 6.01. The lowest BCUT2D eigenvalue weighted by Crippen LogP contribution is -2.26. The summed E-state index contributed by atoms with van der Waals surface area (Å²) in [5.41, 5.74) is 7.01. The first-order valence-electron chi connectivity index (χ1n) is 5.90.